The molecule has 0 bridgehead atoms. The van der Waals surface area contributed by atoms with Gasteiger partial charge in [-0.1, -0.05) is 59.6 Å². The summed E-state index contributed by atoms with van der Waals surface area (Å²) >= 11 is 3.62. The summed E-state index contributed by atoms with van der Waals surface area (Å²) < 4.78 is 1.04. The van der Waals surface area contributed by atoms with Gasteiger partial charge in [0.1, 0.15) is 0 Å². The number of carbonyl (C=O) groups excluding carboxylic acids is 1. The quantitative estimate of drug-likeness (QED) is 0.773. The number of amides is 1. The Bertz CT molecular complexity index is 777. The lowest BCUT2D eigenvalue weighted by Gasteiger charge is -2.37. The van der Waals surface area contributed by atoms with E-state index in [0.717, 1.165) is 10.2 Å². The molecule has 2 aromatic rings. The number of halogens is 1. The van der Waals surface area contributed by atoms with Crippen LogP contribution in [0.25, 0.3) is 0 Å². The van der Waals surface area contributed by atoms with E-state index in [-0.39, 0.29) is 11.9 Å². The van der Waals surface area contributed by atoms with Gasteiger partial charge in [0.05, 0.1) is 12.6 Å². The Balaban J connectivity index is 1.88. The number of hydrogen-bond donors (Lipinski definition) is 1. The largest absolute Gasteiger partial charge is 0.325 e. The van der Waals surface area contributed by atoms with Crippen molar-refractivity contribution in [3.8, 4) is 0 Å². The van der Waals surface area contributed by atoms with Crippen LogP contribution < -0.4 is 5.32 Å². The fraction of sp³-hybridized carbons (Fsp3) is 0.381. The second-order valence-corrected chi connectivity index (χ2v) is 8.16. The van der Waals surface area contributed by atoms with Crippen molar-refractivity contribution in [3.63, 3.8) is 0 Å². The molecule has 4 rings (SSSR count). The van der Waals surface area contributed by atoms with Gasteiger partial charge in [0.25, 0.3) is 0 Å². The van der Waals surface area contributed by atoms with E-state index in [0.29, 0.717) is 18.5 Å². The molecule has 4 heteroatoms. The van der Waals surface area contributed by atoms with Crippen LogP contribution >= 0.6 is 15.9 Å². The highest BCUT2D eigenvalue weighted by molar-refractivity contribution is 9.10. The molecule has 1 heterocycles. The Morgan fingerprint density at radius 3 is 2.64 bits per heavy atom. The van der Waals surface area contributed by atoms with Gasteiger partial charge < -0.3 is 5.32 Å². The summed E-state index contributed by atoms with van der Waals surface area (Å²) in [6.07, 6.45) is 3.66. The van der Waals surface area contributed by atoms with Gasteiger partial charge in [-0.2, -0.15) is 0 Å². The molecule has 3 nitrogen and oxygen atoms in total. The molecule has 2 aromatic carbocycles. The van der Waals surface area contributed by atoms with Crippen LogP contribution in [0.4, 0.5) is 5.69 Å². The molecule has 1 saturated carbocycles. The number of nitrogens with zero attached hydrogens (tertiary/aromatic N) is 1. The van der Waals surface area contributed by atoms with E-state index >= 15 is 0 Å². The Labute approximate surface area is 157 Å². The number of carbonyl (C=O) groups is 1. The Morgan fingerprint density at radius 2 is 1.92 bits per heavy atom. The molecular formula is C21H23BrN2O. The highest BCUT2D eigenvalue weighted by Crippen LogP contribution is 2.42. The lowest BCUT2D eigenvalue weighted by atomic mass is 9.93. The molecule has 1 aliphatic carbocycles. The van der Waals surface area contributed by atoms with Crippen molar-refractivity contribution in [1.82, 2.24) is 4.90 Å². The third-order valence-corrected chi connectivity index (χ3v) is 6.09. The molecule has 0 saturated heterocycles. The molecule has 0 radical (unpaired) electrons. The maximum absolute atomic E-state index is 12.6. The first-order chi connectivity index (χ1) is 12.1. The number of hydrogen-bond acceptors (Lipinski definition) is 2. The molecule has 1 N–H and O–H groups in total. The minimum absolute atomic E-state index is 0.0844. The van der Waals surface area contributed by atoms with Gasteiger partial charge in [-0.05, 0) is 48.1 Å². The van der Waals surface area contributed by atoms with Crippen LogP contribution in [0.15, 0.2) is 53.0 Å². The standard InChI is InChI=1S/C21H23BrN2O/c1-14-6-5-9-19(14)24-13-20(25)23-18-11-10-16(22)12-17(18)21(24)15-7-3-2-4-8-15/h2-4,7-8,10-12,14,19,21H,5-6,9,13H2,1H3,(H,23,25). The van der Waals surface area contributed by atoms with Crippen molar-refractivity contribution < 1.29 is 4.79 Å². The SMILES string of the molecule is CC1CCCC1N1CC(=O)Nc2ccc(Br)cc2C1c1ccccc1. The fourth-order valence-electron chi connectivity index (χ4n) is 4.43. The zero-order valence-corrected chi connectivity index (χ0v) is 16.0. The van der Waals surface area contributed by atoms with E-state index in [2.05, 4.69) is 63.4 Å². The number of anilines is 1. The molecule has 2 aliphatic rings. The van der Waals surface area contributed by atoms with Crippen molar-refractivity contribution in [2.75, 3.05) is 11.9 Å². The second-order valence-electron chi connectivity index (χ2n) is 7.24. The molecule has 130 valence electrons. The first-order valence-corrected chi connectivity index (χ1v) is 9.83. The molecule has 0 aromatic heterocycles. The van der Waals surface area contributed by atoms with Crippen LogP contribution in [-0.4, -0.2) is 23.4 Å². The molecule has 3 atom stereocenters. The van der Waals surface area contributed by atoms with E-state index in [1.165, 1.54) is 30.4 Å². The zero-order valence-electron chi connectivity index (χ0n) is 14.4. The summed E-state index contributed by atoms with van der Waals surface area (Å²) in [6, 6.07) is 17.3. The van der Waals surface area contributed by atoms with E-state index in [9.17, 15) is 4.79 Å². The van der Waals surface area contributed by atoms with Crippen molar-refractivity contribution in [2.24, 2.45) is 5.92 Å². The second kappa shape index (κ2) is 6.93. The highest BCUT2D eigenvalue weighted by atomic mass is 79.9. The van der Waals surface area contributed by atoms with Crippen LogP contribution in [0.2, 0.25) is 0 Å². The van der Waals surface area contributed by atoms with Crippen molar-refractivity contribution in [1.29, 1.82) is 0 Å². The third kappa shape index (κ3) is 3.25. The predicted molar refractivity (Wildman–Crippen MR) is 105 cm³/mol. The van der Waals surface area contributed by atoms with Gasteiger partial charge in [-0.3, -0.25) is 9.69 Å². The van der Waals surface area contributed by atoms with Gasteiger partial charge in [-0.25, -0.2) is 0 Å². The number of benzene rings is 2. The Kier molecular flexibility index (Phi) is 4.65. The summed E-state index contributed by atoms with van der Waals surface area (Å²) in [5.74, 6) is 0.703. The van der Waals surface area contributed by atoms with Crippen molar-refractivity contribution in [3.05, 3.63) is 64.1 Å². The molecule has 25 heavy (non-hydrogen) atoms. The van der Waals surface area contributed by atoms with E-state index in [1.807, 2.05) is 18.2 Å². The van der Waals surface area contributed by atoms with Gasteiger partial charge in [0, 0.05) is 16.2 Å². The van der Waals surface area contributed by atoms with E-state index in [1.54, 1.807) is 0 Å². The minimum atomic E-state index is 0.0844. The van der Waals surface area contributed by atoms with E-state index in [4.69, 9.17) is 0 Å². The topological polar surface area (TPSA) is 32.3 Å². The lowest BCUT2D eigenvalue weighted by Crippen LogP contribution is -2.43. The van der Waals surface area contributed by atoms with Gasteiger partial charge >= 0.3 is 0 Å². The number of nitrogens with one attached hydrogen (secondary N) is 1. The summed E-state index contributed by atoms with van der Waals surface area (Å²) in [6.45, 7) is 2.77. The smallest absolute Gasteiger partial charge is 0.238 e. The average molecular weight is 399 g/mol. The normalized spacial score (nSPS) is 26.8. The first-order valence-electron chi connectivity index (χ1n) is 9.03. The Hall–Kier alpha value is -1.65. The average Bonchev–Trinajstić information content (AvgIpc) is 2.97. The summed E-state index contributed by atoms with van der Waals surface area (Å²) in [5.41, 5.74) is 3.35. The predicted octanol–water partition coefficient (Wildman–Crippen LogP) is 4.98. The summed E-state index contributed by atoms with van der Waals surface area (Å²) in [7, 11) is 0. The van der Waals surface area contributed by atoms with Crippen LogP contribution in [0, 0.1) is 5.92 Å². The minimum Gasteiger partial charge on any atom is -0.325 e. The monoisotopic (exact) mass is 398 g/mol. The maximum Gasteiger partial charge on any atom is 0.238 e. The number of rotatable bonds is 2. The van der Waals surface area contributed by atoms with Crippen molar-refractivity contribution in [2.45, 2.75) is 38.3 Å². The lowest BCUT2D eigenvalue weighted by molar-refractivity contribution is -0.118. The highest BCUT2D eigenvalue weighted by Gasteiger charge is 2.38. The molecule has 3 unspecified atom stereocenters. The summed E-state index contributed by atoms with van der Waals surface area (Å²) in [4.78, 5) is 15.0. The van der Waals surface area contributed by atoms with Crippen LogP contribution in [0.1, 0.15) is 43.4 Å². The molecule has 1 amide bonds. The Morgan fingerprint density at radius 1 is 1.12 bits per heavy atom. The van der Waals surface area contributed by atoms with Gasteiger partial charge in [0.2, 0.25) is 5.91 Å². The molecule has 1 aliphatic heterocycles. The third-order valence-electron chi connectivity index (χ3n) is 5.60. The van der Waals surface area contributed by atoms with Crippen LogP contribution in [-0.2, 0) is 4.79 Å². The van der Waals surface area contributed by atoms with Crippen LogP contribution in [0.3, 0.4) is 0 Å². The fourth-order valence-corrected chi connectivity index (χ4v) is 4.81. The molecular weight excluding hydrogens is 376 g/mol. The zero-order chi connectivity index (χ0) is 17.4. The van der Waals surface area contributed by atoms with Crippen molar-refractivity contribution >= 4 is 27.5 Å². The molecule has 0 spiro atoms. The van der Waals surface area contributed by atoms with Crippen LogP contribution in [0.5, 0.6) is 0 Å². The maximum atomic E-state index is 12.6. The summed E-state index contributed by atoms with van der Waals surface area (Å²) in [5, 5.41) is 3.12. The number of fused-ring (bicyclic) bond motifs is 1. The van der Waals surface area contributed by atoms with Gasteiger partial charge in [-0.15, -0.1) is 0 Å². The van der Waals surface area contributed by atoms with E-state index < -0.39 is 0 Å². The van der Waals surface area contributed by atoms with Gasteiger partial charge in [0.15, 0.2) is 0 Å². The first kappa shape index (κ1) is 16.8. The molecule has 1 fully saturated rings.